The van der Waals surface area contributed by atoms with E-state index >= 15 is 0 Å². The number of rotatable bonds is 3. The van der Waals surface area contributed by atoms with Crippen LogP contribution in [0.2, 0.25) is 0 Å². The molecular formula is C15H14N2O3S. The Labute approximate surface area is 126 Å². The minimum atomic E-state index is -0.460. The Kier molecular flexibility index (Phi) is 3.70. The zero-order chi connectivity index (χ0) is 14.8. The molecule has 1 aromatic carbocycles. The van der Waals surface area contributed by atoms with Crippen LogP contribution in [0.1, 0.15) is 28.3 Å². The van der Waals surface area contributed by atoms with Gasteiger partial charge in [0.15, 0.2) is 0 Å². The first-order chi connectivity index (χ1) is 10.1. The molecular weight excluding hydrogens is 288 g/mol. The number of amides is 1. The molecule has 0 saturated carbocycles. The lowest BCUT2D eigenvalue weighted by atomic mass is 9.99. The summed E-state index contributed by atoms with van der Waals surface area (Å²) in [5, 5.41) is 12.3. The minimum absolute atomic E-state index is 0.0113. The first-order valence-electron chi connectivity index (χ1n) is 6.72. The van der Waals surface area contributed by atoms with Gasteiger partial charge in [-0.05, 0) is 12.0 Å². The molecule has 108 valence electrons. The number of likely N-dealkylation sites (tertiary alicyclic amines) is 1. The number of nitrogens with zero attached hydrogens (tertiary/aromatic N) is 2. The number of benzene rings is 1. The molecule has 1 aliphatic rings. The highest BCUT2D eigenvalue weighted by molar-refractivity contribution is 7.13. The maximum atomic E-state index is 12.4. The average molecular weight is 302 g/mol. The molecule has 1 aliphatic heterocycles. The van der Waals surface area contributed by atoms with Crippen molar-refractivity contribution in [2.24, 2.45) is 0 Å². The molecule has 1 aromatic heterocycles. The second-order valence-electron chi connectivity index (χ2n) is 5.08. The largest absolute Gasteiger partial charge is 0.338 e. The summed E-state index contributed by atoms with van der Waals surface area (Å²) in [4.78, 5) is 24.4. The maximum absolute atomic E-state index is 12.4. The van der Waals surface area contributed by atoms with Gasteiger partial charge in [0.1, 0.15) is 0 Å². The zero-order valence-electron chi connectivity index (χ0n) is 11.3. The van der Waals surface area contributed by atoms with E-state index in [0.29, 0.717) is 24.6 Å². The number of thiophene rings is 1. The Bertz CT molecular complexity index is 669. The summed E-state index contributed by atoms with van der Waals surface area (Å²) in [7, 11) is 0. The topological polar surface area (TPSA) is 63.4 Å². The molecule has 21 heavy (non-hydrogen) atoms. The molecule has 6 heteroatoms. The van der Waals surface area contributed by atoms with Gasteiger partial charge in [-0.3, -0.25) is 14.9 Å². The lowest BCUT2D eigenvalue weighted by molar-refractivity contribution is -0.380. The molecule has 1 fully saturated rings. The van der Waals surface area contributed by atoms with Crippen LogP contribution in [0.15, 0.2) is 41.8 Å². The normalized spacial score (nSPS) is 17.9. The van der Waals surface area contributed by atoms with E-state index in [0.717, 1.165) is 17.8 Å². The molecule has 0 unspecified atom stereocenters. The summed E-state index contributed by atoms with van der Waals surface area (Å²) < 4.78 is 0. The molecule has 0 N–H and O–H groups in total. The van der Waals surface area contributed by atoms with Crippen LogP contribution in [0, 0.1) is 10.1 Å². The fourth-order valence-corrected chi connectivity index (χ4v) is 3.36. The minimum Gasteiger partial charge on any atom is -0.338 e. The molecule has 3 rings (SSSR count). The van der Waals surface area contributed by atoms with E-state index in [-0.39, 0.29) is 10.9 Å². The van der Waals surface area contributed by atoms with Crippen molar-refractivity contribution in [3.8, 4) is 0 Å². The lowest BCUT2D eigenvalue weighted by Crippen LogP contribution is -2.28. The molecule has 0 bridgehead atoms. The Hall–Kier alpha value is -2.21. The van der Waals surface area contributed by atoms with Crippen LogP contribution in [-0.4, -0.2) is 28.8 Å². The van der Waals surface area contributed by atoms with Gasteiger partial charge in [-0.1, -0.05) is 41.7 Å². The Balaban J connectivity index is 1.70. The van der Waals surface area contributed by atoms with Crippen LogP contribution >= 0.6 is 11.3 Å². The molecule has 0 aliphatic carbocycles. The second-order valence-corrected chi connectivity index (χ2v) is 5.97. The third-order valence-electron chi connectivity index (χ3n) is 3.76. The SMILES string of the molecule is O=C(c1csc([N+](=O)[O-])c1)N1CC[C@H](c2ccccc2)C1. The van der Waals surface area contributed by atoms with Crippen LogP contribution in [-0.2, 0) is 0 Å². The van der Waals surface area contributed by atoms with Crippen molar-refractivity contribution in [2.75, 3.05) is 13.1 Å². The fourth-order valence-electron chi connectivity index (χ4n) is 2.66. The van der Waals surface area contributed by atoms with Crippen molar-refractivity contribution in [3.05, 3.63) is 63.0 Å². The number of hydrogen-bond donors (Lipinski definition) is 0. The Morgan fingerprint density at radius 1 is 1.33 bits per heavy atom. The summed E-state index contributed by atoms with van der Waals surface area (Å²) >= 11 is 0.995. The first kappa shape index (κ1) is 13.8. The third-order valence-corrected chi connectivity index (χ3v) is 4.64. The summed E-state index contributed by atoms with van der Waals surface area (Å²) in [5.41, 5.74) is 1.66. The summed E-state index contributed by atoms with van der Waals surface area (Å²) in [6.07, 6.45) is 0.933. The van der Waals surface area contributed by atoms with Crippen LogP contribution in [0.4, 0.5) is 5.00 Å². The molecule has 0 spiro atoms. The summed E-state index contributed by atoms with van der Waals surface area (Å²) in [6.45, 7) is 1.37. The van der Waals surface area contributed by atoms with Crippen LogP contribution < -0.4 is 0 Å². The van der Waals surface area contributed by atoms with Gasteiger partial charge in [0.2, 0.25) is 0 Å². The van der Waals surface area contributed by atoms with Gasteiger partial charge < -0.3 is 4.90 Å². The summed E-state index contributed by atoms with van der Waals surface area (Å²) in [6, 6.07) is 11.5. The third kappa shape index (κ3) is 2.80. The fraction of sp³-hybridized carbons (Fsp3) is 0.267. The van der Waals surface area contributed by atoms with E-state index in [2.05, 4.69) is 12.1 Å². The number of nitro groups is 1. The quantitative estimate of drug-likeness (QED) is 0.645. The number of carbonyl (C=O) groups is 1. The summed E-state index contributed by atoms with van der Waals surface area (Å²) in [5.74, 6) is 0.238. The van der Waals surface area contributed by atoms with E-state index in [1.54, 1.807) is 10.3 Å². The van der Waals surface area contributed by atoms with E-state index in [9.17, 15) is 14.9 Å². The van der Waals surface area contributed by atoms with Gasteiger partial charge in [-0.15, -0.1) is 0 Å². The number of carbonyl (C=O) groups excluding carboxylic acids is 1. The standard InChI is InChI=1S/C15H14N2O3S/c18-15(13-8-14(17(19)20)21-10-13)16-7-6-12(9-16)11-4-2-1-3-5-11/h1-5,8,10,12H,6-7,9H2/t12-/m0/s1. The van der Waals surface area contributed by atoms with Crippen molar-refractivity contribution in [3.63, 3.8) is 0 Å². The molecule has 1 amide bonds. The maximum Gasteiger partial charge on any atom is 0.324 e. The van der Waals surface area contributed by atoms with Crippen LogP contribution in [0.5, 0.6) is 0 Å². The van der Waals surface area contributed by atoms with Gasteiger partial charge in [-0.2, -0.15) is 0 Å². The highest BCUT2D eigenvalue weighted by Crippen LogP contribution is 2.29. The van der Waals surface area contributed by atoms with Gasteiger partial charge >= 0.3 is 5.00 Å². The van der Waals surface area contributed by atoms with E-state index in [4.69, 9.17) is 0 Å². The highest BCUT2D eigenvalue weighted by atomic mass is 32.1. The second kappa shape index (κ2) is 5.65. The lowest BCUT2D eigenvalue weighted by Gasteiger charge is -2.15. The van der Waals surface area contributed by atoms with E-state index < -0.39 is 4.92 Å². The Morgan fingerprint density at radius 3 is 2.76 bits per heavy atom. The van der Waals surface area contributed by atoms with Crippen molar-refractivity contribution in [1.82, 2.24) is 4.90 Å². The van der Waals surface area contributed by atoms with Crippen LogP contribution in [0.3, 0.4) is 0 Å². The smallest absolute Gasteiger partial charge is 0.324 e. The van der Waals surface area contributed by atoms with E-state index in [1.165, 1.54) is 11.6 Å². The predicted octanol–water partition coefficient (Wildman–Crippen LogP) is 3.29. The van der Waals surface area contributed by atoms with Crippen molar-refractivity contribution >= 4 is 22.2 Å². The molecule has 5 nitrogen and oxygen atoms in total. The van der Waals surface area contributed by atoms with Crippen molar-refractivity contribution < 1.29 is 9.72 Å². The Morgan fingerprint density at radius 2 is 2.10 bits per heavy atom. The van der Waals surface area contributed by atoms with Crippen molar-refractivity contribution in [2.45, 2.75) is 12.3 Å². The van der Waals surface area contributed by atoms with Gasteiger partial charge in [0, 0.05) is 30.5 Å². The average Bonchev–Trinajstić information content (AvgIpc) is 3.17. The van der Waals surface area contributed by atoms with Gasteiger partial charge in [0.05, 0.1) is 10.5 Å². The zero-order valence-corrected chi connectivity index (χ0v) is 12.1. The highest BCUT2D eigenvalue weighted by Gasteiger charge is 2.29. The molecule has 1 atom stereocenters. The van der Waals surface area contributed by atoms with Gasteiger partial charge in [-0.25, -0.2) is 0 Å². The number of hydrogen-bond acceptors (Lipinski definition) is 4. The van der Waals surface area contributed by atoms with Crippen LogP contribution in [0.25, 0.3) is 0 Å². The monoisotopic (exact) mass is 302 g/mol. The van der Waals surface area contributed by atoms with Crippen molar-refractivity contribution in [1.29, 1.82) is 0 Å². The molecule has 2 heterocycles. The van der Waals surface area contributed by atoms with Gasteiger partial charge in [0.25, 0.3) is 5.91 Å². The predicted molar refractivity (Wildman–Crippen MR) is 80.7 cm³/mol. The molecule has 1 saturated heterocycles. The first-order valence-corrected chi connectivity index (χ1v) is 7.60. The molecule has 0 radical (unpaired) electrons. The van der Waals surface area contributed by atoms with E-state index in [1.807, 2.05) is 18.2 Å². The molecule has 2 aromatic rings.